The number of primary amides is 1. The molecule has 1 aromatic carbocycles. The second-order valence-electron chi connectivity index (χ2n) is 8.89. The summed E-state index contributed by atoms with van der Waals surface area (Å²) in [7, 11) is 0. The van der Waals surface area contributed by atoms with Crippen molar-refractivity contribution in [2.75, 3.05) is 5.32 Å². The summed E-state index contributed by atoms with van der Waals surface area (Å²) in [6.45, 7) is 5.34. The minimum absolute atomic E-state index is 0.0397. The molecule has 3 aliphatic heterocycles. The largest absolute Gasteiger partial charge is 0.370 e. The molecule has 8 nitrogen and oxygen atoms in total. The normalized spacial score (nSPS) is 30.7. The number of carbonyl (C=O) groups excluding carboxylic acids is 4. The number of halogens is 1. The Labute approximate surface area is 173 Å². The van der Waals surface area contributed by atoms with Crippen LogP contribution in [0.2, 0.25) is 5.02 Å². The summed E-state index contributed by atoms with van der Waals surface area (Å²) in [6.07, 6.45) is 0.288. The van der Waals surface area contributed by atoms with Crippen molar-refractivity contribution in [3.63, 3.8) is 0 Å². The van der Waals surface area contributed by atoms with Crippen LogP contribution in [-0.4, -0.2) is 40.1 Å². The van der Waals surface area contributed by atoms with E-state index in [9.17, 15) is 19.2 Å². The van der Waals surface area contributed by atoms with Crippen LogP contribution in [0.1, 0.15) is 39.2 Å². The quantitative estimate of drug-likeness (QED) is 0.635. The Kier molecular flexibility index (Phi) is 4.29. The standard InChI is InChI=1S/C20H23ClN4O4/c1-19(2,3)25-16(27)14-12(6-7-13(22)26)24-20(15(14)17(25)28)10-8-9(21)4-5-11(10)23-18(20)29/h4-5,8,12,14-15,24H,6-7H2,1-3H3,(H2,22,26)(H,23,29)/t12?,14-,15+,20?/m1/s1. The van der Waals surface area contributed by atoms with Crippen molar-refractivity contribution in [2.24, 2.45) is 17.6 Å². The molecule has 1 aromatic rings. The number of nitrogens with one attached hydrogen (secondary N) is 2. The molecule has 0 bridgehead atoms. The van der Waals surface area contributed by atoms with Gasteiger partial charge in [-0.15, -0.1) is 0 Å². The first-order valence-electron chi connectivity index (χ1n) is 9.54. The number of imide groups is 1. The van der Waals surface area contributed by atoms with Crippen molar-refractivity contribution in [1.29, 1.82) is 0 Å². The van der Waals surface area contributed by atoms with Crippen LogP contribution in [0.15, 0.2) is 18.2 Å². The lowest BCUT2D eigenvalue weighted by molar-refractivity contribution is -0.148. The van der Waals surface area contributed by atoms with Crippen LogP contribution in [0.4, 0.5) is 5.69 Å². The fourth-order valence-corrected chi connectivity index (χ4v) is 5.15. The van der Waals surface area contributed by atoms with E-state index in [2.05, 4.69) is 10.6 Å². The molecule has 1 spiro atoms. The highest BCUT2D eigenvalue weighted by molar-refractivity contribution is 6.31. The molecular weight excluding hydrogens is 396 g/mol. The number of benzene rings is 1. The summed E-state index contributed by atoms with van der Waals surface area (Å²) < 4.78 is 0. The molecule has 4 N–H and O–H groups in total. The number of carbonyl (C=O) groups is 4. The van der Waals surface area contributed by atoms with Gasteiger partial charge >= 0.3 is 0 Å². The molecule has 0 radical (unpaired) electrons. The van der Waals surface area contributed by atoms with Crippen molar-refractivity contribution in [2.45, 2.75) is 50.7 Å². The number of rotatable bonds is 3. The van der Waals surface area contributed by atoms with Crippen molar-refractivity contribution in [3.05, 3.63) is 28.8 Å². The van der Waals surface area contributed by atoms with Crippen LogP contribution in [0.3, 0.4) is 0 Å². The van der Waals surface area contributed by atoms with E-state index in [4.69, 9.17) is 17.3 Å². The molecule has 3 aliphatic rings. The van der Waals surface area contributed by atoms with Gasteiger partial charge in [0.15, 0.2) is 0 Å². The zero-order chi connectivity index (χ0) is 21.3. The third-order valence-corrected chi connectivity index (χ3v) is 6.28. The van der Waals surface area contributed by atoms with E-state index in [0.29, 0.717) is 16.3 Å². The molecule has 0 aromatic heterocycles. The van der Waals surface area contributed by atoms with Crippen molar-refractivity contribution >= 4 is 40.9 Å². The Hall–Kier alpha value is -2.45. The molecule has 4 rings (SSSR count). The fraction of sp³-hybridized carbons (Fsp3) is 0.500. The minimum atomic E-state index is -1.42. The lowest BCUT2D eigenvalue weighted by atomic mass is 9.76. The molecule has 2 fully saturated rings. The van der Waals surface area contributed by atoms with Crippen molar-refractivity contribution in [3.8, 4) is 0 Å². The molecule has 2 saturated heterocycles. The average Bonchev–Trinajstić information content (AvgIpc) is 3.18. The van der Waals surface area contributed by atoms with Crippen LogP contribution in [0.5, 0.6) is 0 Å². The third-order valence-electron chi connectivity index (χ3n) is 6.05. The summed E-state index contributed by atoms with van der Waals surface area (Å²) in [5.74, 6) is -3.33. The van der Waals surface area contributed by atoms with Crippen molar-refractivity contribution < 1.29 is 19.2 Å². The first-order chi connectivity index (χ1) is 13.5. The van der Waals surface area contributed by atoms with Gasteiger partial charge < -0.3 is 11.1 Å². The SMILES string of the molecule is CC(C)(C)N1C(=O)[C@@H]2C(CCC(N)=O)NC3(C(=O)Nc4ccc(Cl)cc43)[C@@H]2C1=O. The van der Waals surface area contributed by atoms with Crippen LogP contribution < -0.4 is 16.4 Å². The zero-order valence-corrected chi connectivity index (χ0v) is 17.2. The molecule has 154 valence electrons. The maximum atomic E-state index is 13.5. The van der Waals surface area contributed by atoms with Gasteiger partial charge in [0.05, 0.1) is 11.8 Å². The van der Waals surface area contributed by atoms with Gasteiger partial charge in [-0.3, -0.25) is 29.4 Å². The summed E-state index contributed by atoms with van der Waals surface area (Å²) >= 11 is 6.19. The van der Waals surface area contributed by atoms with Gasteiger partial charge in [-0.25, -0.2) is 0 Å². The predicted octanol–water partition coefficient (Wildman–Crippen LogP) is 1.12. The van der Waals surface area contributed by atoms with Crippen LogP contribution in [-0.2, 0) is 24.7 Å². The second-order valence-corrected chi connectivity index (χ2v) is 9.33. The number of nitrogens with two attached hydrogens (primary N) is 1. The number of hydrogen-bond acceptors (Lipinski definition) is 5. The predicted molar refractivity (Wildman–Crippen MR) is 106 cm³/mol. The molecule has 9 heteroatoms. The van der Waals surface area contributed by atoms with E-state index in [0.717, 1.165) is 0 Å². The van der Waals surface area contributed by atoms with Gasteiger partial charge in [-0.2, -0.15) is 0 Å². The lowest BCUT2D eigenvalue weighted by Gasteiger charge is -2.34. The maximum absolute atomic E-state index is 13.5. The zero-order valence-electron chi connectivity index (χ0n) is 16.4. The van der Waals surface area contributed by atoms with E-state index >= 15 is 0 Å². The number of nitrogens with zero attached hydrogens (tertiary/aromatic N) is 1. The van der Waals surface area contributed by atoms with Crippen LogP contribution in [0, 0.1) is 11.8 Å². The lowest BCUT2D eigenvalue weighted by Crippen LogP contribution is -2.55. The smallest absolute Gasteiger partial charge is 0.250 e. The van der Waals surface area contributed by atoms with Crippen LogP contribution in [0.25, 0.3) is 0 Å². The Morgan fingerprint density at radius 2 is 1.93 bits per heavy atom. The molecular formula is C20H23ClN4O4. The van der Waals surface area contributed by atoms with Gasteiger partial charge in [0.25, 0.3) is 0 Å². The Bertz CT molecular complexity index is 956. The topological polar surface area (TPSA) is 122 Å². The monoisotopic (exact) mass is 418 g/mol. The van der Waals surface area contributed by atoms with E-state index in [1.165, 1.54) is 4.90 Å². The number of hydrogen-bond donors (Lipinski definition) is 3. The summed E-state index contributed by atoms with van der Waals surface area (Å²) in [4.78, 5) is 52.6. The molecule has 4 amide bonds. The summed E-state index contributed by atoms with van der Waals surface area (Å²) in [6, 6.07) is 4.43. The third kappa shape index (κ3) is 2.69. The maximum Gasteiger partial charge on any atom is 0.250 e. The number of amides is 4. The average molecular weight is 419 g/mol. The molecule has 4 atom stereocenters. The van der Waals surface area contributed by atoms with E-state index in [-0.39, 0.29) is 18.7 Å². The minimum Gasteiger partial charge on any atom is -0.370 e. The number of anilines is 1. The van der Waals surface area contributed by atoms with Crippen molar-refractivity contribution in [1.82, 2.24) is 10.2 Å². The summed E-state index contributed by atoms with van der Waals surface area (Å²) in [5.41, 5.74) is 4.25. The number of likely N-dealkylation sites (tertiary alicyclic amines) is 1. The molecule has 3 heterocycles. The van der Waals surface area contributed by atoms with Gasteiger partial charge in [-0.05, 0) is 45.4 Å². The Balaban J connectivity index is 1.88. The Morgan fingerprint density at radius 1 is 1.24 bits per heavy atom. The first kappa shape index (κ1) is 19.8. The van der Waals surface area contributed by atoms with Crippen LogP contribution >= 0.6 is 11.6 Å². The molecule has 0 saturated carbocycles. The molecule has 29 heavy (non-hydrogen) atoms. The molecule has 0 aliphatic carbocycles. The highest BCUT2D eigenvalue weighted by Gasteiger charge is 2.71. The van der Waals surface area contributed by atoms with Gasteiger partial charge in [0, 0.05) is 34.3 Å². The highest BCUT2D eigenvalue weighted by Crippen LogP contribution is 2.54. The molecule has 2 unspecified atom stereocenters. The van der Waals surface area contributed by atoms with Gasteiger partial charge in [0.2, 0.25) is 23.6 Å². The second kappa shape index (κ2) is 6.27. The summed E-state index contributed by atoms with van der Waals surface area (Å²) in [5, 5.41) is 6.47. The van der Waals surface area contributed by atoms with E-state index < -0.39 is 46.7 Å². The number of fused-ring (bicyclic) bond motifs is 4. The Morgan fingerprint density at radius 3 is 2.55 bits per heavy atom. The van der Waals surface area contributed by atoms with E-state index in [1.807, 2.05) is 0 Å². The van der Waals surface area contributed by atoms with Gasteiger partial charge in [0.1, 0.15) is 5.54 Å². The highest BCUT2D eigenvalue weighted by atomic mass is 35.5. The van der Waals surface area contributed by atoms with E-state index in [1.54, 1.807) is 39.0 Å². The first-order valence-corrected chi connectivity index (χ1v) is 9.91. The fourth-order valence-electron chi connectivity index (χ4n) is 4.98. The van der Waals surface area contributed by atoms with Gasteiger partial charge in [-0.1, -0.05) is 11.6 Å².